The van der Waals surface area contributed by atoms with E-state index in [4.69, 9.17) is 5.26 Å². The number of rotatable bonds is 4. The van der Waals surface area contributed by atoms with Gasteiger partial charge in [0.15, 0.2) is 0 Å². The van der Waals surface area contributed by atoms with Crippen LogP contribution in [-0.2, 0) is 19.9 Å². The van der Waals surface area contributed by atoms with E-state index in [9.17, 15) is 0 Å². The third kappa shape index (κ3) is 3.03. The maximum Gasteiger partial charge on any atom is 0.142 e. The lowest BCUT2D eigenvalue weighted by atomic mass is 10.00. The second-order valence-corrected chi connectivity index (χ2v) is 5.16. The van der Waals surface area contributed by atoms with Crippen molar-refractivity contribution in [2.24, 2.45) is 7.05 Å². The van der Waals surface area contributed by atoms with Crippen LogP contribution in [0.1, 0.15) is 42.3 Å². The Kier molecular flexibility index (Phi) is 4.01. The van der Waals surface area contributed by atoms with Crippen LogP contribution >= 0.6 is 0 Å². The highest BCUT2D eigenvalue weighted by molar-refractivity contribution is 5.29. The van der Waals surface area contributed by atoms with Gasteiger partial charge in [0.25, 0.3) is 0 Å². The summed E-state index contributed by atoms with van der Waals surface area (Å²) in [5.41, 5.74) is 4.20. The molecule has 3 nitrogen and oxygen atoms in total. The molecule has 1 heterocycles. The Balaban J connectivity index is 2.04. The zero-order valence-corrected chi connectivity index (χ0v) is 11.7. The van der Waals surface area contributed by atoms with Crippen molar-refractivity contribution in [1.29, 1.82) is 5.26 Å². The van der Waals surface area contributed by atoms with E-state index in [1.165, 1.54) is 11.1 Å². The SMILES string of the molecule is CC(C)c1ccc(CCc2ncn(C)c2C#N)cc1. The monoisotopic (exact) mass is 253 g/mol. The minimum Gasteiger partial charge on any atom is -0.325 e. The van der Waals surface area contributed by atoms with E-state index < -0.39 is 0 Å². The molecule has 0 aliphatic carbocycles. The summed E-state index contributed by atoms with van der Waals surface area (Å²) in [4.78, 5) is 4.29. The molecule has 1 aromatic heterocycles. The maximum atomic E-state index is 9.07. The fraction of sp³-hybridized carbons (Fsp3) is 0.375. The van der Waals surface area contributed by atoms with E-state index in [2.05, 4.69) is 49.2 Å². The summed E-state index contributed by atoms with van der Waals surface area (Å²) in [5.74, 6) is 0.565. The maximum absolute atomic E-state index is 9.07. The number of imidazole rings is 1. The van der Waals surface area contributed by atoms with Crippen LogP contribution in [0.4, 0.5) is 0 Å². The first-order valence-electron chi connectivity index (χ1n) is 6.61. The quantitative estimate of drug-likeness (QED) is 0.839. The van der Waals surface area contributed by atoms with Gasteiger partial charge in [-0.05, 0) is 29.9 Å². The molecule has 0 saturated carbocycles. The molecule has 0 radical (unpaired) electrons. The van der Waals surface area contributed by atoms with Crippen molar-refractivity contribution in [2.45, 2.75) is 32.6 Å². The lowest BCUT2D eigenvalue weighted by Crippen LogP contribution is -1.97. The molecule has 0 aliphatic heterocycles. The van der Waals surface area contributed by atoms with Gasteiger partial charge < -0.3 is 4.57 Å². The van der Waals surface area contributed by atoms with Gasteiger partial charge in [-0.3, -0.25) is 0 Å². The lowest BCUT2D eigenvalue weighted by Gasteiger charge is -2.06. The van der Waals surface area contributed by atoms with Gasteiger partial charge in [0.2, 0.25) is 0 Å². The normalized spacial score (nSPS) is 10.7. The van der Waals surface area contributed by atoms with Crippen molar-refractivity contribution in [3.05, 3.63) is 53.1 Å². The smallest absolute Gasteiger partial charge is 0.142 e. The number of hydrogen-bond acceptors (Lipinski definition) is 2. The molecular formula is C16H19N3. The summed E-state index contributed by atoms with van der Waals surface area (Å²) in [7, 11) is 1.85. The number of nitriles is 1. The van der Waals surface area contributed by atoms with Crippen molar-refractivity contribution in [2.75, 3.05) is 0 Å². The van der Waals surface area contributed by atoms with Crippen LogP contribution in [0.5, 0.6) is 0 Å². The summed E-state index contributed by atoms with van der Waals surface area (Å²) in [6.07, 6.45) is 3.44. The average molecular weight is 253 g/mol. The van der Waals surface area contributed by atoms with Gasteiger partial charge in [-0.15, -0.1) is 0 Å². The molecule has 0 atom stereocenters. The minimum atomic E-state index is 0.565. The molecule has 0 saturated heterocycles. The zero-order valence-electron chi connectivity index (χ0n) is 11.7. The average Bonchev–Trinajstić information content (AvgIpc) is 2.77. The van der Waals surface area contributed by atoms with E-state index in [0.29, 0.717) is 11.6 Å². The van der Waals surface area contributed by atoms with Crippen LogP contribution in [-0.4, -0.2) is 9.55 Å². The number of hydrogen-bond donors (Lipinski definition) is 0. The van der Waals surface area contributed by atoms with Gasteiger partial charge in [-0.1, -0.05) is 38.1 Å². The predicted molar refractivity (Wildman–Crippen MR) is 75.9 cm³/mol. The van der Waals surface area contributed by atoms with Crippen LogP contribution in [0.25, 0.3) is 0 Å². The molecular weight excluding hydrogens is 234 g/mol. The van der Waals surface area contributed by atoms with Crippen molar-refractivity contribution in [3.63, 3.8) is 0 Å². The number of benzene rings is 1. The minimum absolute atomic E-state index is 0.565. The van der Waals surface area contributed by atoms with Gasteiger partial charge in [0.05, 0.1) is 12.0 Å². The fourth-order valence-corrected chi connectivity index (χ4v) is 2.14. The van der Waals surface area contributed by atoms with Crippen molar-refractivity contribution in [1.82, 2.24) is 9.55 Å². The summed E-state index contributed by atoms with van der Waals surface area (Å²) in [5, 5.41) is 9.07. The van der Waals surface area contributed by atoms with E-state index in [1.807, 2.05) is 7.05 Å². The molecule has 0 fully saturated rings. The highest BCUT2D eigenvalue weighted by Gasteiger charge is 2.08. The second-order valence-electron chi connectivity index (χ2n) is 5.16. The Hall–Kier alpha value is -2.08. The van der Waals surface area contributed by atoms with Gasteiger partial charge in [0.1, 0.15) is 11.8 Å². The first kappa shape index (κ1) is 13.4. The fourth-order valence-electron chi connectivity index (χ4n) is 2.14. The van der Waals surface area contributed by atoms with E-state index >= 15 is 0 Å². The standard InChI is InChI=1S/C16H19N3/c1-12(2)14-7-4-13(5-8-14)6-9-15-16(10-17)19(3)11-18-15/h4-5,7-8,11-12H,6,9H2,1-3H3. The molecule has 2 rings (SSSR count). The Morgan fingerprint density at radius 3 is 2.47 bits per heavy atom. The number of nitrogens with zero attached hydrogens (tertiary/aromatic N) is 3. The van der Waals surface area contributed by atoms with Crippen LogP contribution in [0.3, 0.4) is 0 Å². The summed E-state index contributed by atoms with van der Waals surface area (Å²) < 4.78 is 1.77. The van der Waals surface area contributed by atoms with Crippen molar-refractivity contribution < 1.29 is 0 Å². The summed E-state index contributed by atoms with van der Waals surface area (Å²) in [6.45, 7) is 4.39. The number of aryl methyl sites for hydroxylation is 3. The summed E-state index contributed by atoms with van der Waals surface area (Å²) in [6, 6.07) is 10.9. The number of aromatic nitrogens is 2. The molecule has 0 spiro atoms. The topological polar surface area (TPSA) is 41.6 Å². The van der Waals surface area contributed by atoms with E-state index in [-0.39, 0.29) is 0 Å². The van der Waals surface area contributed by atoms with Gasteiger partial charge >= 0.3 is 0 Å². The molecule has 98 valence electrons. The van der Waals surface area contributed by atoms with Gasteiger partial charge in [-0.25, -0.2) is 4.98 Å². The van der Waals surface area contributed by atoms with Gasteiger partial charge in [0, 0.05) is 7.05 Å². The Morgan fingerprint density at radius 2 is 1.89 bits per heavy atom. The van der Waals surface area contributed by atoms with Crippen LogP contribution < -0.4 is 0 Å². The first-order valence-corrected chi connectivity index (χ1v) is 6.61. The lowest BCUT2D eigenvalue weighted by molar-refractivity contribution is 0.860. The Morgan fingerprint density at radius 1 is 1.21 bits per heavy atom. The third-order valence-corrected chi connectivity index (χ3v) is 3.42. The van der Waals surface area contributed by atoms with Crippen LogP contribution in [0.15, 0.2) is 30.6 Å². The molecule has 0 bridgehead atoms. The van der Waals surface area contributed by atoms with E-state index in [0.717, 1.165) is 18.5 Å². The molecule has 2 aromatic rings. The Labute approximate surface area is 114 Å². The molecule has 1 aromatic carbocycles. The van der Waals surface area contributed by atoms with Gasteiger partial charge in [-0.2, -0.15) is 5.26 Å². The molecule has 0 amide bonds. The second kappa shape index (κ2) is 5.71. The molecule has 3 heteroatoms. The molecule has 0 aliphatic rings. The van der Waals surface area contributed by atoms with Crippen LogP contribution in [0.2, 0.25) is 0 Å². The highest BCUT2D eigenvalue weighted by Crippen LogP contribution is 2.16. The largest absolute Gasteiger partial charge is 0.325 e. The molecule has 0 N–H and O–H groups in total. The molecule has 0 unspecified atom stereocenters. The third-order valence-electron chi connectivity index (χ3n) is 3.42. The molecule has 19 heavy (non-hydrogen) atoms. The van der Waals surface area contributed by atoms with Crippen molar-refractivity contribution >= 4 is 0 Å². The highest BCUT2D eigenvalue weighted by atomic mass is 15.0. The zero-order chi connectivity index (χ0) is 13.8. The van der Waals surface area contributed by atoms with Crippen LogP contribution in [0, 0.1) is 11.3 Å². The van der Waals surface area contributed by atoms with E-state index in [1.54, 1.807) is 10.9 Å². The predicted octanol–water partition coefficient (Wildman–Crippen LogP) is 3.20. The van der Waals surface area contributed by atoms with Crippen molar-refractivity contribution in [3.8, 4) is 6.07 Å². The Bertz CT molecular complexity index is 585. The first-order chi connectivity index (χ1) is 9.11. The summed E-state index contributed by atoms with van der Waals surface area (Å²) >= 11 is 0.